The first-order chi connectivity index (χ1) is 63.6. The zero-order valence-electron chi connectivity index (χ0n) is 72.3. The molecule has 16 nitrogen and oxygen atoms in total. The number of halogens is 6. The molecule has 4 atom stereocenters. The number of pyridine rings is 4. The third kappa shape index (κ3) is 19.7. The van der Waals surface area contributed by atoms with E-state index in [1.54, 1.807) is 110 Å². The number of hydrogen-bond donors (Lipinski definition) is 0. The first kappa shape index (κ1) is 87.2. The fourth-order valence-corrected chi connectivity index (χ4v) is 18.1. The van der Waals surface area contributed by atoms with Crippen molar-refractivity contribution in [2.24, 2.45) is 0 Å². The maximum absolute atomic E-state index is 13.9. The molecule has 21 rings (SSSR count). The van der Waals surface area contributed by atoms with Crippen LogP contribution in [0.5, 0.6) is 0 Å². The van der Waals surface area contributed by atoms with Crippen molar-refractivity contribution in [2.45, 2.75) is 128 Å². The van der Waals surface area contributed by atoms with Crippen LogP contribution in [0.25, 0.3) is 101 Å². The quantitative estimate of drug-likeness (QED) is 0.0528. The molecular weight excluding hydrogens is 1660 g/mol. The summed E-state index contributed by atoms with van der Waals surface area (Å²) >= 11 is 6.26. The van der Waals surface area contributed by atoms with E-state index in [0.717, 1.165) is 170 Å². The third-order valence-corrected chi connectivity index (χ3v) is 24.8. The van der Waals surface area contributed by atoms with Crippen LogP contribution in [0.1, 0.15) is 122 Å². The Labute approximate surface area is 757 Å². The lowest BCUT2D eigenvalue weighted by Gasteiger charge is -2.20. The Bertz CT molecular complexity index is 6500. The molecule has 4 aliphatic heterocycles. The van der Waals surface area contributed by atoms with Gasteiger partial charge >= 0.3 is 0 Å². The minimum absolute atomic E-state index is 0.0895. The summed E-state index contributed by atoms with van der Waals surface area (Å²) in [6.45, 7) is 10.8. The predicted molar refractivity (Wildman–Crippen MR) is 498 cm³/mol. The summed E-state index contributed by atoms with van der Waals surface area (Å²) in [7, 11) is 0. The number of benzene rings is 9. The van der Waals surface area contributed by atoms with E-state index < -0.39 is 0 Å². The molecule has 0 saturated carbocycles. The molecule has 130 heavy (non-hydrogen) atoms. The second kappa shape index (κ2) is 40.0. The van der Waals surface area contributed by atoms with Crippen LogP contribution >= 0.6 is 11.6 Å². The highest BCUT2D eigenvalue weighted by atomic mass is 35.5. The van der Waals surface area contributed by atoms with Crippen LogP contribution in [0.2, 0.25) is 5.02 Å². The first-order valence-corrected chi connectivity index (χ1v) is 44.4. The Morgan fingerprint density at radius 3 is 0.962 bits per heavy atom. The minimum Gasteiger partial charge on any atom is -0.375 e. The van der Waals surface area contributed by atoms with Gasteiger partial charge in [-0.25, -0.2) is 41.9 Å². The molecule has 9 aromatic carbocycles. The van der Waals surface area contributed by atoms with Crippen molar-refractivity contribution in [3.05, 3.63) is 396 Å². The van der Waals surface area contributed by atoms with Gasteiger partial charge in [0.1, 0.15) is 52.4 Å². The molecule has 0 amide bonds. The van der Waals surface area contributed by atoms with Crippen molar-refractivity contribution in [3.8, 4) is 90.1 Å². The van der Waals surface area contributed by atoms with Gasteiger partial charge in [-0.15, -0.1) is 0 Å². The molecule has 4 aliphatic rings. The van der Waals surface area contributed by atoms with Gasteiger partial charge in [-0.3, -0.25) is 19.9 Å². The van der Waals surface area contributed by atoms with Gasteiger partial charge in [0.15, 0.2) is 0 Å². The van der Waals surface area contributed by atoms with E-state index in [-0.39, 0.29) is 65.3 Å². The molecule has 0 aliphatic carbocycles. The standard InChI is InChI=1S/C29H24FN3O.C29H30FN3O.C25H21ClFN3O.C25H21F2N3O/c30-24-10-8-21(9-11-24)28-29(22-14-16-31-17-15-22)33-25(12-13-27(33)32-28)19-34-18-23-6-3-5-20-4-1-2-7-26(20)23;1-29(2,3)23-8-4-20(5-9-23)18-34-19-25-12-13-26-32-27(21-6-10-24(30)11-7-21)28(33(25)26)22-14-16-31-17-15-22;26-22-4-2-1-3-19(22)15-31-16-21-9-10-23-29-24(17-5-7-20(27)8-6-17)25(30(21)23)18-11-13-28-14-12-18;26-20-7-5-17(6-8-20)24-25(18-11-13-28-14-12-18)30-21(9-10-23(30)29-24)16-31-15-19-3-1-2-4-22(19)27/h1-11,14-17,25H,12-13,18-19H2;4-11,14-17,25H,12-13,18-19H2,1-3H3;2*1-8,11-14,21H,9-10,15-16H2/t2*25-;2*21-/m0000/s1. The topological polar surface area (TPSA) is 160 Å². The Morgan fingerprint density at radius 2 is 0.608 bits per heavy atom. The molecule has 0 radical (unpaired) electrons. The van der Waals surface area contributed by atoms with Crippen molar-refractivity contribution < 1.29 is 40.9 Å². The number of imidazole rings is 4. The Kier molecular flexibility index (Phi) is 26.8. The van der Waals surface area contributed by atoms with Crippen molar-refractivity contribution >= 4 is 22.4 Å². The van der Waals surface area contributed by atoms with Gasteiger partial charge in [0, 0.05) is 130 Å². The van der Waals surface area contributed by atoms with Gasteiger partial charge in [0.25, 0.3) is 0 Å². The van der Waals surface area contributed by atoms with Crippen LogP contribution in [0.4, 0.5) is 22.0 Å². The maximum atomic E-state index is 13.9. The number of aromatic nitrogens is 12. The largest absolute Gasteiger partial charge is 0.375 e. The minimum atomic E-state index is -0.277. The Morgan fingerprint density at radius 1 is 0.308 bits per heavy atom. The van der Waals surface area contributed by atoms with Crippen LogP contribution in [0, 0.1) is 29.1 Å². The average Bonchev–Trinajstić information content (AvgIpc) is 1.61. The molecule has 0 unspecified atom stereocenters. The smallest absolute Gasteiger partial charge is 0.128 e. The summed E-state index contributed by atoms with van der Waals surface area (Å²) in [5.41, 5.74) is 20.6. The van der Waals surface area contributed by atoms with Gasteiger partial charge in [0.05, 0.1) is 123 Å². The summed E-state index contributed by atoms with van der Waals surface area (Å²) in [6, 6.07) is 80.4. The van der Waals surface area contributed by atoms with E-state index in [2.05, 4.69) is 126 Å². The molecule has 0 saturated heterocycles. The Balaban J connectivity index is 0.000000117. The van der Waals surface area contributed by atoms with Crippen LogP contribution < -0.4 is 0 Å². The monoisotopic (exact) mass is 1750 g/mol. The zero-order chi connectivity index (χ0) is 89.0. The number of hydrogen-bond acceptors (Lipinski definition) is 12. The van der Waals surface area contributed by atoms with Gasteiger partial charge < -0.3 is 37.2 Å². The van der Waals surface area contributed by atoms with Gasteiger partial charge in [0.2, 0.25) is 0 Å². The molecule has 0 fully saturated rings. The average molecular weight is 1760 g/mol. The molecule has 0 spiro atoms. The summed E-state index contributed by atoms with van der Waals surface area (Å²) in [6.07, 6.45) is 21.6. The molecule has 17 aromatic rings. The van der Waals surface area contributed by atoms with E-state index >= 15 is 0 Å². The van der Waals surface area contributed by atoms with E-state index in [0.29, 0.717) is 56.8 Å². The van der Waals surface area contributed by atoms with Crippen LogP contribution in [0.3, 0.4) is 0 Å². The van der Waals surface area contributed by atoms with Gasteiger partial charge in [-0.1, -0.05) is 136 Å². The highest BCUT2D eigenvalue weighted by molar-refractivity contribution is 6.31. The second-order valence-corrected chi connectivity index (χ2v) is 34.4. The lowest BCUT2D eigenvalue weighted by Crippen LogP contribution is -2.13. The lowest BCUT2D eigenvalue weighted by atomic mass is 9.87. The molecular formula is C108H96ClF5N12O4. The molecule has 0 N–H and O–H groups in total. The molecule has 12 heterocycles. The van der Waals surface area contributed by atoms with Crippen LogP contribution in [-0.4, -0.2) is 84.6 Å². The normalized spacial score (nSPS) is 15.2. The van der Waals surface area contributed by atoms with Crippen molar-refractivity contribution in [1.82, 2.24) is 58.1 Å². The maximum Gasteiger partial charge on any atom is 0.128 e. The fourth-order valence-electron chi connectivity index (χ4n) is 17.9. The first-order valence-electron chi connectivity index (χ1n) is 44.0. The van der Waals surface area contributed by atoms with Crippen LogP contribution in [-0.2, 0) is 76.5 Å². The molecule has 8 aromatic heterocycles. The van der Waals surface area contributed by atoms with E-state index in [1.807, 2.05) is 78.9 Å². The second-order valence-electron chi connectivity index (χ2n) is 34.0. The van der Waals surface area contributed by atoms with Crippen LogP contribution in [0.15, 0.2) is 310 Å². The molecule has 22 heteroatoms. The van der Waals surface area contributed by atoms with Gasteiger partial charge in [-0.2, -0.15) is 0 Å². The van der Waals surface area contributed by atoms with Crippen molar-refractivity contribution in [1.29, 1.82) is 0 Å². The summed E-state index contributed by atoms with van der Waals surface area (Å²) < 4.78 is 102. The zero-order valence-corrected chi connectivity index (χ0v) is 73.1. The number of rotatable bonds is 24. The molecule has 654 valence electrons. The lowest BCUT2D eigenvalue weighted by molar-refractivity contribution is 0.0905. The van der Waals surface area contributed by atoms with Crippen molar-refractivity contribution in [3.63, 3.8) is 0 Å². The van der Waals surface area contributed by atoms with Gasteiger partial charge in [-0.05, 0) is 222 Å². The van der Waals surface area contributed by atoms with E-state index in [1.165, 1.54) is 82.1 Å². The predicted octanol–water partition coefficient (Wildman–Crippen LogP) is 25.1. The summed E-state index contributed by atoms with van der Waals surface area (Å²) in [5.74, 6) is 2.81. The highest BCUT2D eigenvalue weighted by Crippen LogP contribution is 2.46. The summed E-state index contributed by atoms with van der Waals surface area (Å²) in [4.78, 5) is 36.5. The van der Waals surface area contributed by atoms with Crippen molar-refractivity contribution in [2.75, 3.05) is 26.4 Å². The number of aryl methyl sites for hydroxylation is 4. The van der Waals surface area contributed by atoms with E-state index in [4.69, 9.17) is 50.5 Å². The highest BCUT2D eigenvalue weighted by Gasteiger charge is 2.36. The summed E-state index contributed by atoms with van der Waals surface area (Å²) in [5, 5.41) is 3.18. The van der Waals surface area contributed by atoms with E-state index in [9.17, 15) is 22.0 Å². The number of ether oxygens (including phenoxy) is 4. The molecule has 0 bridgehead atoms. The third-order valence-electron chi connectivity index (χ3n) is 24.4. The fraction of sp³-hybridized carbons (Fsp3) is 0.222. The number of nitrogens with zero attached hydrogens (tertiary/aromatic N) is 12. The Hall–Kier alpha value is -13.5. The SMILES string of the molecule is CC(C)(C)c1ccc(COC[C@@H]2CCc3nc(-c4ccc(F)cc4)c(-c4ccncc4)n32)cc1.Fc1ccc(-c2nc3n(c2-c2ccncc2)[C@H](COCc2cccc4ccccc24)CC3)cc1.Fc1ccc(-c2nc3n(c2-c2ccncc2)[C@H](COCc2ccccc2Cl)CC3)cc1.Fc1ccc(-c2nc3n(c2-c2ccncc2)[C@H](COCc2ccccc2F)CC3)cc1. The number of fused-ring (bicyclic) bond motifs is 5.